The lowest BCUT2D eigenvalue weighted by molar-refractivity contribution is -0.0514. The molecule has 3 fully saturated rings. The van der Waals surface area contributed by atoms with Gasteiger partial charge in [-0.1, -0.05) is 12.8 Å². The van der Waals surface area contributed by atoms with Gasteiger partial charge >= 0.3 is 0 Å². The van der Waals surface area contributed by atoms with Crippen molar-refractivity contribution in [2.24, 2.45) is 0 Å². The van der Waals surface area contributed by atoms with E-state index in [9.17, 15) is 5.26 Å². The fourth-order valence-electron chi connectivity index (χ4n) is 4.03. The van der Waals surface area contributed by atoms with Crippen molar-refractivity contribution in [1.29, 1.82) is 5.26 Å². The highest BCUT2D eigenvalue weighted by Gasteiger charge is 2.42. The van der Waals surface area contributed by atoms with E-state index < -0.39 is 0 Å². The van der Waals surface area contributed by atoms with Gasteiger partial charge in [0.2, 0.25) is 0 Å². The summed E-state index contributed by atoms with van der Waals surface area (Å²) in [5, 5.41) is 9.21. The molecule has 0 N–H and O–H groups in total. The average molecular weight is 248 g/mol. The second kappa shape index (κ2) is 5.19. The molecule has 2 atom stereocenters. The molecule has 1 saturated carbocycles. The first kappa shape index (κ1) is 12.4. The Bertz CT molecular complexity index is 330. The van der Waals surface area contributed by atoms with Crippen LogP contribution in [0.4, 0.5) is 0 Å². The minimum atomic E-state index is 0.141. The third-order valence-corrected chi connectivity index (χ3v) is 5.05. The predicted molar refractivity (Wildman–Crippen MR) is 70.1 cm³/mol. The first-order valence-electron chi connectivity index (χ1n) is 7.63. The van der Waals surface area contributed by atoms with E-state index in [1.807, 2.05) is 0 Å². The Labute approximate surface area is 110 Å². The minimum absolute atomic E-state index is 0.141. The van der Waals surface area contributed by atoms with Crippen LogP contribution in [0.2, 0.25) is 0 Å². The van der Waals surface area contributed by atoms with Gasteiger partial charge in [-0.15, -0.1) is 0 Å². The molecule has 1 spiro atoms. The van der Waals surface area contributed by atoms with Crippen LogP contribution in [0.3, 0.4) is 0 Å². The number of piperidine rings is 1. The maximum absolute atomic E-state index is 9.21. The number of nitriles is 1. The summed E-state index contributed by atoms with van der Waals surface area (Å²) in [6.07, 6.45) is 11.6. The topological polar surface area (TPSA) is 36.3 Å². The van der Waals surface area contributed by atoms with Crippen molar-refractivity contribution < 1.29 is 4.74 Å². The molecule has 3 rings (SSSR count). The number of ether oxygens (including phenoxy) is 1. The molecule has 1 aliphatic carbocycles. The fourth-order valence-corrected chi connectivity index (χ4v) is 4.03. The van der Waals surface area contributed by atoms with Crippen LogP contribution in [0.25, 0.3) is 0 Å². The first-order chi connectivity index (χ1) is 8.81. The van der Waals surface area contributed by atoms with Gasteiger partial charge < -0.3 is 4.74 Å². The van der Waals surface area contributed by atoms with Gasteiger partial charge in [0, 0.05) is 6.54 Å². The summed E-state index contributed by atoms with van der Waals surface area (Å²) in [7, 11) is 0. The van der Waals surface area contributed by atoms with Crippen molar-refractivity contribution >= 4 is 0 Å². The van der Waals surface area contributed by atoms with E-state index in [1.165, 1.54) is 51.4 Å². The third-order valence-electron chi connectivity index (χ3n) is 5.05. The maximum Gasteiger partial charge on any atom is 0.0978 e. The Kier molecular flexibility index (Phi) is 3.59. The van der Waals surface area contributed by atoms with E-state index in [2.05, 4.69) is 11.0 Å². The third kappa shape index (κ3) is 2.41. The van der Waals surface area contributed by atoms with Crippen LogP contribution in [0.15, 0.2) is 0 Å². The van der Waals surface area contributed by atoms with E-state index >= 15 is 0 Å². The summed E-state index contributed by atoms with van der Waals surface area (Å²) in [5.41, 5.74) is 0.239. The molecule has 0 bridgehead atoms. The zero-order valence-electron chi connectivity index (χ0n) is 11.2. The zero-order chi connectivity index (χ0) is 12.4. The molecule has 2 unspecified atom stereocenters. The summed E-state index contributed by atoms with van der Waals surface area (Å²) in [5.74, 6) is 0. The lowest BCUT2D eigenvalue weighted by Crippen LogP contribution is -2.43. The monoisotopic (exact) mass is 248 g/mol. The smallest absolute Gasteiger partial charge is 0.0978 e. The summed E-state index contributed by atoms with van der Waals surface area (Å²) in [6, 6.07) is 2.60. The molecule has 2 saturated heterocycles. The second-order valence-corrected chi connectivity index (χ2v) is 6.30. The molecular weight excluding hydrogens is 224 g/mol. The highest BCUT2D eigenvalue weighted by Crippen LogP contribution is 2.43. The quantitative estimate of drug-likeness (QED) is 0.754. The van der Waals surface area contributed by atoms with Gasteiger partial charge in [0.25, 0.3) is 0 Å². The van der Waals surface area contributed by atoms with Crippen LogP contribution in [0.1, 0.15) is 57.8 Å². The highest BCUT2D eigenvalue weighted by atomic mass is 16.5. The van der Waals surface area contributed by atoms with Gasteiger partial charge in [0.05, 0.1) is 23.8 Å². The lowest BCUT2D eigenvalue weighted by Gasteiger charge is -2.33. The standard InChI is InChI=1S/C15H24N2O/c16-11-13-5-1-4-10-17(13)12-14-6-9-15(18-14)7-2-3-8-15/h13-14H,1-10,12H2. The number of likely N-dealkylation sites (tertiary alicyclic amines) is 1. The summed E-state index contributed by atoms with van der Waals surface area (Å²) < 4.78 is 6.35. The van der Waals surface area contributed by atoms with E-state index in [0.29, 0.717) is 6.10 Å². The molecule has 2 heterocycles. The lowest BCUT2D eigenvalue weighted by atomic mass is 9.98. The Morgan fingerprint density at radius 1 is 1.11 bits per heavy atom. The summed E-state index contributed by atoms with van der Waals surface area (Å²) in [6.45, 7) is 2.07. The van der Waals surface area contributed by atoms with Crippen molar-refractivity contribution in [3.63, 3.8) is 0 Å². The van der Waals surface area contributed by atoms with Crippen molar-refractivity contribution in [2.45, 2.75) is 75.5 Å². The molecule has 100 valence electrons. The predicted octanol–water partition coefficient (Wildman–Crippen LogP) is 2.86. The van der Waals surface area contributed by atoms with Crippen LogP contribution >= 0.6 is 0 Å². The van der Waals surface area contributed by atoms with Gasteiger partial charge in [-0.2, -0.15) is 5.26 Å². The van der Waals surface area contributed by atoms with E-state index in [1.54, 1.807) is 0 Å². The Balaban J connectivity index is 1.55. The molecule has 3 aliphatic rings. The SMILES string of the molecule is N#CC1CCCCN1CC1CCC2(CCCC2)O1. The molecule has 3 nitrogen and oxygen atoms in total. The average Bonchev–Trinajstić information content (AvgIpc) is 3.01. The number of hydrogen-bond donors (Lipinski definition) is 0. The molecule has 0 radical (unpaired) electrons. The van der Waals surface area contributed by atoms with E-state index in [-0.39, 0.29) is 11.6 Å². The van der Waals surface area contributed by atoms with Crippen LogP contribution in [0, 0.1) is 11.3 Å². The van der Waals surface area contributed by atoms with Crippen LogP contribution in [-0.2, 0) is 4.74 Å². The molecule has 2 aliphatic heterocycles. The van der Waals surface area contributed by atoms with Crippen LogP contribution < -0.4 is 0 Å². The normalized spacial score (nSPS) is 35.9. The Morgan fingerprint density at radius 2 is 1.94 bits per heavy atom. The van der Waals surface area contributed by atoms with Crippen molar-refractivity contribution in [1.82, 2.24) is 4.90 Å². The Hall–Kier alpha value is -0.590. The maximum atomic E-state index is 9.21. The van der Waals surface area contributed by atoms with Gasteiger partial charge in [-0.05, 0) is 51.5 Å². The van der Waals surface area contributed by atoms with Crippen molar-refractivity contribution in [2.75, 3.05) is 13.1 Å². The van der Waals surface area contributed by atoms with E-state index in [4.69, 9.17) is 4.74 Å². The van der Waals surface area contributed by atoms with Gasteiger partial charge in [-0.3, -0.25) is 4.90 Å². The van der Waals surface area contributed by atoms with Crippen LogP contribution in [0.5, 0.6) is 0 Å². The van der Waals surface area contributed by atoms with Crippen molar-refractivity contribution in [3.05, 3.63) is 0 Å². The molecule has 18 heavy (non-hydrogen) atoms. The minimum Gasteiger partial charge on any atom is -0.370 e. The molecular formula is C15H24N2O. The number of nitrogens with zero attached hydrogens (tertiary/aromatic N) is 2. The molecule has 0 aromatic rings. The Morgan fingerprint density at radius 3 is 2.72 bits per heavy atom. The molecule has 0 aromatic heterocycles. The summed E-state index contributed by atoms with van der Waals surface area (Å²) in [4.78, 5) is 2.36. The highest BCUT2D eigenvalue weighted by molar-refractivity contribution is 4.97. The van der Waals surface area contributed by atoms with E-state index in [0.717, 1.165) is 19.5 Å². The zero-order valence-corrected chi connectivity index (χ0v) is 11.2. The van der Waals surface area contributed by atoms with Gasteiger partial charge in [-0.25, -0.2) is 0 Å². The molecule has 3 heteroatoms. The van der Waals surface area contributed by atoms with Crippen molar-refractivity contribution in [3.8, 4) is 6.07 Å². The molecule has 0 aromatic carbocycles. The number of hydrogen-bond acceptors (Lipinski definition) is 3. The summed E-state index contributed by atoms with van der Waals surface area (Å²) >= 11 is 0. The number of rotatable bonds is 2. The van der Waals surface area contributed by atoms with Gasteiger partial charge in [0.15, 0.2) is 0 Å². The first-order valence-corrected chi connectivity index (χ1v) is 7.63. The van der Waals surface area contributed by atoms with Gasteiger partial charge in [0.1, 0.15) is 0 Å². The fraction of sp³-hybridized carbons (Fsp3) is 0.933. The largest absolute Gasteiger partial charge is 0.370 e. The molecule has 0 amide bonds. The second-order valence-electron chi connectivity index (χ2n) is 6.30. The van der Waals surface area contributed by atoms with Crippen LogP contribution in [-0.4, -0.2) is 35.7 Å².